The molecule has 0 saturated heterocycles. The minimum absolute atomic E-state index is 0.0397. The molecule has 1 unspecified atom stereocenters. The molecule has 1 aliphatic carbocycles. The second-order valence-corrected chi connectivity index (χ2v) is 8.52. The zero-order valence-corrected chi connectivity index (χ0v) is 19.4. The molecule has 0 aromatic heterocycles. The number of amides is 1. The Balaban J connectivity index is 1.42. The lowest BCUT2D eigenvalue weighted by Crippen LogP contribution is -2.23. The smallest absolute Gasteiger partial charge is 0.216 e. The van der Waals surface area contributed by atoms with Crippen molar-refractivity contribution in [2.45, 2.75) is 45.0 Å². The number of carbonyl (C=O) groups excluding carboxylic acids is 1. The fourth-order valence-electron chi connectivity index (χ4n) is 4.10. The summed E-state index contributed by atoms with van der Waals surface area (Å²) in [7, 11) is 0. The predicted octanol–water partition coefficient (Wildman–Crippen LogP) is 5.85. The number of nitrogens with one attached hydrogen (secondary N) is 1. The van der Waals surface area contributed by atoms with Gasteiger partial charge in [0.1, 0.15) is 17.7 Å². The number of halogens is 1. The number of hydrogen-bond acceptors (Lipinski definition) is 3. The highest BCUT2D eigenvalue weighted by molar-refractivity contribution is 5.73. The first-order chi connectivity index (χ1) is 16.6. The fraction of sp³-hybridized carbons (Fsp3) is 0.276. The molecular weight excluding hydrogens is 429 g/mol. The highest BCUT2D eigenvalue weighted by atomic mass is 19.1. The van der Waals surface area contributed by atoms with E-state index in [2.05, 4.69) is 29.6 Å². The van der Waals surface area contributed by atoms with Gasteiger partial charge in [0.15, 0.2) is 0 Å². The van der Waals surface area contributed by atoms with Gasteiger partial charge in [-0.15, -0.1) is 0 Å². The maximum atomic E-state index is 13.9. The topological polar surface area (TPSA) is 47.6 Å². The molecule has 0 heterocycles. The zero-order chi connectivity index (χ0) is 23.8. The molecule has 2 atom stereocenters. The molecule has 3 aromatic rings. The third kappa shape index (κ3) is 6.78. The highest BCUT2D eigenvalue weighted by Crippen LogP contribution is 2.30. The molecule has 0 aliphatic heterocycles. The lowest BCUT2D eigenvalue weighted by atomic mass is 9.97. The predicted molar refractivity (Wildman–Crippen MR) is 132 cm³/mol. The Bertz CT molecular complexity index is 1130. The van der Waals surface area contributed by atoms with E-state index in [4.69, 9.17) is 9.47 Å². The first-order valence-corrected chi connectivity index (χ1v) is 11.7. The summed E-state index contributed by atoms with van der Waals surface area (Å²) in [5.41, 5.74) is 3.89. The van der Waals surface area contributed by atoms with Crippen LogP contribution < -0.4 is 10.1 Å². The number of rotatable bonds is 9. The molecule has 3 aromatic carbocycles. The summed E-state index contributed by atoms with van der Waals surface area (Å²) in [6.07, 6.45) is 6.57. The minimum Gasteiger partial charge on any atom is -0.486 e. The van der Waals surface area contributed by atoms with Gasteiger partial charge in [-0.3, -0.25) is 4.79 Å². The lowest BCUT2D eigenvalue weighted by molar-refractivity contribution is -0.118. The van der Waals surface area contributed by atoms with Gasteiger partial charge in [-0.25, -0.2) is 4.39 Å². The Morgan fingerprint density at radius 3 is 2.50 bits per heavy atom. The maximum absolute atomic E-state index is 13.9. The molecule has 5 heteroatoms. The van der Waals surface area contributed by atoms with Crippen LogP contribution >= 0.6 is 0 Å². The van der Waals surface area contributed by atoms with Crippen molar-refractivity contribution in [2.75, 3.05) is 6.54 Å². The lowest BCUT2D eigenvalue weighted by Gasteiger charge is -2.24. The van der Waals surface area contributed by atoms with Crippen LogP contribution in [0.4, 0.5) is 4.39 Å². The monoisotopic (exact) mass is 459 g/mol. The molecular formula is C29H30FNO3. The SMILES string of the molecule is CC(=O)NCCc1ccc(O[C@H]2C=CC(OCc3ccccc3)CC2)cc1-c1cccc(F)c1. The van der Waals surface area contributed by atoms with E-state index >= 15 is 0 Å². The number of carbonyl (C=O) groups is 1. The molecule has 1 amide bonds. The average molecular weight is 460 g/mol. The minimum atomic E-state index is -0.284. The van der Waals surface area contributed by atoms with Crippen LogP contribution in [0.15, 0.2) is 84.9 Å². The Kier molecular flexibility index (Phi) is 8.10. The van der Waals surface area contributed by atoms with Crippen molar-refractivity contribution < 1.29 is 18.7 Å². The molecule has 4 rings (SSSR count). The van der Waals surface area contributed by atoms with Crippen LogP contribution in [0.2, 0.25) is 0 Å². The average Bonchev–Trinajstić information content (AvgIpc) is 2.85. The summed E-state index contributed by atoms with van der Waals surface area (Å²) in [6.45, 7) is 2.62. The summed E-state index contributed by atoms with van der Waals surface area (Å²) in [4.78, 5) is 11.2. The van der Waals surface area contributed by atoms with Crippen molar-refractivity contribution in [3.05, 3.63) is 102 Å². The Hall–Kier alpha value is -3.44. The summed E-state index contributed by atoms with van der Waals surface area (Å²) in [6, 6.07) is 22.6. The van der Waals surface area contributed by atoms with Crippen molar-refractivity contribution >= 4 is 5.91 Å². The van der Waals surface area contributed by atoms with Gasteiger partial charge in [0.05, 0.1) is 12.7 Å². The molecule has 34 heavy (non-hydrogen) atoms. The summed E-state index contributed by atoms with van der Waals surface area (Å²) < 4.78 is 26.2. The quantitative estimate of drug-likeness (QED) is 0.408. The van der Waals surface area contributed by atoms with Gasteiger partial charge >= 0.3 is 0 Å². The molecule has 0 spiro atoms. The Morgan fingerprint density at radius 1 is 0.971 bits per heavy atom. The van der Waals surface area contributed by atoms with Crippen molar-refractivity contribution in [1.82, 2.24) is 5.32 Å². The van der Waals surface area contributed by atoms with Crippen molar-refractivity contribution in [3.63, 3.8) is 0 Å². The van der Waals surface area contributed by atoms with E-state index in [-0.39, 0.29) is 23.9 Å². The largest absolute Gasteiger partial charge is 0.486 e. The first kappa shape index (κ1) is 23.7. The van der Waals surface area contributed by atoms with E-state index in [0.717, 1.165) is 40.8 Å². The van der Waals surface area contributed by atoms with E-state index < -0.39 is 0 Å². The van der Waals surface area contributed by atoms with Gasteiger partial charge in [-0.2, -0.15) is 0 Å². The Labute approximate surface area is 200 Å². The molecule has 0 saturated carbocycles. The van der Waals surface area contributed by atoms with Gasteiger partial charge in [-0.1, -0.05) is 54.6 Å². The van der Waals surface area contributed by atoms with Gasteiger partial charge in [0.2, 0.25) is 5.91 Å². The zero-order valence-electron chi connectivity index (χ0n) is 19.4. The van der Waals surface area contributed by atoms with Crippen LogP contribution in [-0.4, -0.2) is 24.7 Å². The van der Waals surface area contributed by atoms with Crippen LogP contribution in [0.3, 0.4) is 0 Å². The van der Waals surface area contributed by atoms with Crippen molar-refractivity contribution in [1.29, 1.82) is 0 Å². The van der Waals surface area contributed by atoms with Gasteiger partial charge in [0.25, 0.3) is 0 Å². The molecule has 0 fully saturated rings. The van der Waals surface area contributed by atoms with Gasteiger partial charge in [0, 0.05) is 13.5 Å². The molecule has 4 nitrogen and oxygen atoms in total. The fourth-order valence-corrected chi connectivity index (χ4v) is 4.10. The number of ether oxygens (including phenoxy) is 2. The van der Waals surface area contributed by atoms with Gasteiger partial charge < -0.3 is 14.8 Å². The van der Waals surface area contributed by atoms with Crippen LogP contribution in [-0.2, 0) is 22.6 Å². The normalized spacial score (nSPS) is 17.4. The summed E-state index contributed by atoms with van der Waals surface area (Å²) in [5.74, 6) is 0.386. The molecule has 0 bridgehead atoms. The molecule has 0 radical (unpaired) electrons. The molecule has 176 valence electrons. The highest BCUT2D eigenvalue weighted by Gasteiger charge is 2.18. The molecule has 1 aliphatic rings. The third-order valence-electron chi connectivity index (χ3n) is 5.86. The third-order valence-corrected chi connectivity index (χ3v) is 5.86. The maximum Gasteiger partial charge on any atom is 0.216 e. The van der Waals surface area contributed by atoms with E-state index in [0.29, 0.717) is 19.6 Å². The van der Waals surface area contributed by atoms with Gasteiger partial charge in [-0.05, 0) is 71.9 Å². The van der Waals surface area contributed by atoms with E-state index in [9.17, 15) is 9.18 Å². The van der Waals surface area contributed by atoms with E-state index in [1.807, 2.05) is 42.5 Å². The number of benzene rings is 3. The second-order valence-electron chi connectivity index (χ2n) is 8.52. The Morgan fingerprint density at radius 2 is 1.76 bits per heavy atom. The molecule has 1 N–H and O–H groups in total. The summed E-state index contributed by atoms with van der Waals surface area (Å²) in [5, 5.41) is 2.82. The van der Waals surface area contributed by atoms with Crippen LogP contribution in [0.5, 0.6) is 5.75 Å². The second kappa shape index (κ2) is 11.6. The van der Waals surface area contributed by atoms with Crippen LogP contribution in [0, 0.1) is 5.82 Å². The van der Waals surface area contributed by atoms with Crippen molar-refractivity contribution in [2.24, 2.45) is 0 Å². The van der Waals surface area contributed by atoms with Crippen LogP contribution in [0.1, 0.15) is 30.9 Å². The van der Waals surface area contributed by atoms with E-state index in [1.165, 1.54) is 19.1 Å². The first-order valence-electron chi connectivity index (χ1n) is 11.7. The summed E-state index contributed by atoms with van der Waals surface area (Å²) >= 11 is 0. The van der Waals surface area contributed by atoms with Crippen molar-refractivity contribution in [3.8, 4) is 16.9 Å². The number of hydrogen-bond donors (Lipinski definition) is 1. The standard InChI is InChI=1S/C29H30FNO3/c1-21(32)31-17-16-23-10-11-28(19-29(23)24-8-5-9-25(30)18-24)34-27-14-12-26(13-15-27)33-20-22-6-3-2-4-7-22/h2-12,14,18-19,26-27H,13,15-17,20H2,1H3,(H,31,32)/t26?,27-/m0/s1. The van der Waals surface area contributed by atoms with Crippen LogP contribution in [0.25, 0.3) is 11.1 Å². The van der Waals surface area contributed by atoms with E-state index in [1.54, 1.807) is 6.07 Å².